The summed E-state index contributed by atoms with van der Waals surface area (Å²) in [5, 5.41) is 3.37. The van der Waals surface area contributed by atoms with Gasteiger partial charge in [0.05, 0.1) is 12.2 Å². The van der Waals surface area contributed by atoms with Gasteiger partial charge < -0.3 is 9.88 Å². The second-order valence-electron chi connectivity index (χ2n) is 3.62. The summed E-state index contributed by atoms with van der Waals surface area (Å²) in [7, 11) is 0. The SMILES string of the molecule is CCn1cc(C)nc1CNC(C)C. The molecule has 1 aromatic rings. The molecule has 0 bridgehead atoms. The Bertz CT molecular complexity index is 263. The van der Waals surface area contributed by atoms with E-state index in [2.05, 4.69) is 41.8 Å². The molecule has 1 heterocycles. The van der Waals surface area contributed by atoms with Gasteiger partial charge in [-0.2, -0.15) is 0 Å². The minimum atomic E-state index is 0.516. The van der Waals surface area contributed by atoms with Crippen LogP contribution in [0.3, 0.4) is 0 Å². The van der Waals surface area contributed by atoms with E-state index in [-0.39, 0.29) is 0 Å². The van der Waals surface area contributed by atoms with Gasteiger partial charge in [-0.15, -0.1) is 0 Å². The molecular weight excluding hydrogens is 162 g/mol. The molecule has 1 aromatic heterocycles. The summed E-state index contributed by atoms with van der Waals surface area (Å²) in [6, 6.07) is 0.516. The number of nitrogens with one attached hydrogen (secondary N) is 1. The number of hydrogen-bond acceptors (Lipinski definition) is 2. The van der Waals surface area contributed by atoms with E-state index in [0.717, 1.165) is 24.6 Å². The van der Waals surface area contributed by atoms with Gasteiger partial charge in [-0.25, -0.2) is 4.98 Å². The van der Waals surface area contributed by atoms with Crippen molar-refractivity contribution in [2.75, 3.05) is 0 Å². The van der Waals surface area contributed by atoms with Crippen LogP contribution >= 0.6 is 0 Å². The maximum absolute atomic E-state index is 4.45. The molecule has 0 aromatic carbocycles. The molecule has 0 aliphatic rings. The zero-order chi connectivity index (χ0) is 9.84. The third-order valence-corrected chi connectivity index (χ3v) is 1.99. The van der Waals surface area contributed by atoms with E-state index in [4.69, 9.17) is 0 Å². The van der Waals surface area contributed by atoms with Gasteiger partial charge in [-0.3, -0.25) is 0 Å². The molecule has 1 rings (SSSR count). The Labute approximate surface area is 80.2 Å². The van der Waals surface area contributed by atoms with E-state index < -0.39 is 0 Å². The minimum Gasteiger partial charge on any atom is -0.334 e. The van der Waals surface area contributed by atoms with E-state index in [1.165, 1.54) is 0 Å². The molecule has 0 unspecified atom stereocenters. The molecule has 0 spiro atoms. The third-order valence-electron chi connectivity index (χ3n) is 1.99. The van der Waals surface area contributed by atoms with Crippen molar-refractivity contribution in [1.82, 2.24) is 14.9 Å². The van der Waals surface area contributed by atoms with Crippen LogP contribution in [0, 0.1) is 6.92 Å². The number of hydrogen-bond donors (Lipinski definition) is 1. The van der Waals surface area contributed by atoms with Gasteiger partial charge in [0, 0.05) is 18.8 Å². The monoisotopic (exact) mass is 181 g/mol. The number of rotatable bonds is 4. The van der Waals surface area contributed by atoms with E-state index in [1.54, 1.807) is 0 Å². The Kier molecular flexibility index (Phi) is 3.48. The first-order valence-corrected chi connectivity index (χ1v) is 4.89. The number of aryl methyl sites for hydroxylation is 2. The van der Waals surface area contributed by atoms with Gasteiger partial charge in [0.1, 0.15) is 5.82 Å². The Morgan fingerprint density at radius 1 is 1.54 bits per heavy atom. The fraction of sp³-hybridized carbons (Fsp3) is 0.700. The normalized spacial score (nSPS) is 11.2. The van der Waals surface area contributed by atoms with Crippen LogP contribution in [0.15, 0.2) is 6.20 Å². The van der Waals surface area contributed by atoms with Gasteiger partial charge in [0.25, 0.3) is 0 Å². The minimum absolute atomic E-state index is 0.516. The summed E-state index contributed by atoms with van der Waals surface area (Å²) in [4.78, 5) is 4.45. The van der Waals surface area contributed by atoms with E-state index in [0.29, 0.717) is 6.04 Å². The van der Waals surface area contributed by atoms with Crippen molar-refractivity contribution >= 4 is 0 Å². The standard InChI is InChI=1S/C10H19N3/c1-5-13-7-9(4)12-10(13)6-11-8(2)3/h7-8,11H,5-6H2,1-4H3. The zero-order valence-corrected chi connectivity index (χ0v) is 8.96. The fourth-order valence-electron chi connectivity index (χ4n) is 1.31. The van der Waals surface area contributed by atoms with Crippen LogP contribution in [0.25, 0.3) is 0 Å². The summed E-state index contributed by atoms with van der Waals surface area (Å²) in [6.07, 6.45) is 2.09. The molecule has 0 fully saturated rings. The van der Waals surface area contributed by atoms with Crippen LogP contribution in [0.5, 0.6) is 0 Å². The summed E-state index contributed by atoms with van der Waals surface area (Å²) in [5.74, 6) is 1.13. The molecule has 0 saturated carbocycles. The van der Waals surface area contributed by atoms with Crippen LogP contribution in [0.4, 0.5) is 0 Å². The first-order chi connectivity index (χ1) is 6.13. The molecule has 0 atom stereocenters. The third kappa shape index (κ3) is 2.84. The van der Waals surface area contributed by atoms with Gasteiger partial charge in [-0.1, -0.05) is 13.8 Å². The quantitative estimate of drug-likeness (QED) is 0.766. The summed E-state index contributed by atoms with van der Waals surface area (Å²) >= 11 is 0. The number of nitrogens with zero attached hydrogens (tertiary/aromatic N) is 2. The highest BCUT2D eigenvalue weighted by Gasteiger charge is 2.03. The van der Waals surface area contributed by atoms with Crippen LogP contribution in [-0.4, -0.2) is 15.6 Å². The van der Waals surface area contributed by atoms with E-state index in [9.17, 15) is 0 Å². The number of imidazole rings is 1. The van der Waals surface area contributed by atoms with Crippen LogP contribution < -0.4 is 5.32 Å². The fourth-order valence-corrected chi connectivity index (χ4v) is 1.31. The number of aromatic nitrogens is 2. The molecular formula is C10H19N3. The predicted molar refractivity (Wildman–Crippen MR) is 54.6 cm³/mol. The smallest absolute Gasteiger partial charge is 0.122 e. The van der Waals surface area contributed by atoms with Crippen molar-refractivity contribution in [3.05, 3.63) is 17.7 Å². The molecule has 0 aliphatic heterocycles. The lowest BCUT2D eigenvalue weighted by Crippen LogP contribution is -2.23. The second-order valence-corrected chi connectivity index (χ2v) is 3.62. The molecule has 0 aliphatic carbocycles. The lowest BCUT2D eigenvalue weighted by Gasteiger charge is -2.08. The Morgan fingerprint density at radius 2 is 2.23 bits per heavy atom. The average Bonchev–Trinajstić information content (AvgIpc) is 2.42. The summed E-state index contributed by atoms with van der Waals surface area (Å²) in [6.45, 7) is 10.3. The molecule has 0 saturated heterocycles. The highest BCUT2D eigenvalue weighted by molar-refractivity contribution is 5.01. The van der Waals surface area contributed by atoms with Gasteiger partial charge in [0.2, 0.25) is 0 Å². The summed E-state index contributed by atoms with van der Waals surface area (Å²) in [5.41, 5.74) is 1.10. The van der Waals surface area contributed by atoms with Crippen molar-refractivity contribution in [3.8, 4) is 0 Å². The first-order valence-electron chi connectivity index (χ1n) is 4.89. The molecule has 74 valence electrons. The molecule has 3 nitrogen and oxygen atoms in total. The second kappa shape index (κ2) is 4.42. The van der Waals surface area contributed by atoms with Crippen molar-refractivity contribution in [1.29, 1.82) is 0 Å². The van der Waals surface area contributed by atoms with Crippen LogP contribution in [0.1, 0.15) is 32.3 Å². The lowest BCUT2D eigenvalue weighted by atomic mass is 10.4. The highest BCUT2D eigenvalue weighted by atomic mass is 15.1. The maximum Gasteiger partial charge on any atom is 0.122 e. The van der Waals surface area contributed by atoms with Gasteiger partial charge >= 0.3 is 0 Å². The Balaban J connectivity index is 2.64. The molecule has 0 radical (unpaired) electrons. The average molecular weight is 181 g/mol. The topological polar surface area (TPSA) is 29.9 Å². The molecule has 13 heavy (non-hydrogen) atoms. The van der Waals surface area contributed by atoms with Crippen molar-refractivity contribution in [3.63, 3.8) is 0 Å². The summed E-state index contributed by atoms with van der Waals surface area (Å²) < 4.78 is 2.19. The zero-order valence-electron chi connectivity index (χ0n) is 8.96. The largest absolute Gasteiger partial charge is 0.334 e. The lowest BCUT2D eigenvalue weighted by molar-refractivity contribution is 0.551. The van der Waals surface area contributed by atoms with Crippen LogP contribution in [-0.2, 0) is 13.1 Å². The predicted octanol–water partition coefficient (Wildman–Crippen LogP) is 1.71. The van der Waals surface area contributed by atoms with E-state index in [1.807, 2.05) is 6.92 Å². The van der Waals surface area contributed by atoms with Gasteiger partial charge in [0.15, 0.2) is 0 Å². The Hall–Kier alpha value is -0.830. The Morgan fingerprint density at radius 3 is 2.77 bits per heavy atom. The maximum atomic E-state index is 4.45. The van der Waals surface area contributed by atoms with Crippen LogP contribution in [0.2, 0.25) is 0 Å². The van der Waals surface area contributed by atoms with Crippen molar-refractivity contribution in [2.24, 2.45) is 0 Å². The van der Waals surface area contributed by atoms with Crippen molar-refractivity contribution in [2.45, 2.75) is 46.8 Å². The molecule has 3 heteroatoms. The van der Waals surface area contributed by atoms with Crippen molar-refractivity contribution < 1.29 is 0 Å². The highest BCUT2D eigenvalue weighted by Crippen LogP contribution is 2.02. The molecule has 1 N–H and O–H groups in total. The molecule has 0 amide bonds. The van der Waals surface area contributed by atoms with E-state index >= 15 is 0 Å². The first kappa shape index (κ1) is 10.3. The van der Waals surface area contributed by atoms with Gasteiger partial charge in [-0.05, 0) is 13.8 Å².